The zero-order valence-electron chi connectivity index (χ0n) is 22.7. The number of carbonyl (C=O) groups excluding carboxylic acids is 3. The number of alkyl carbamates (subject to hydrolysis) is 1. The monoisotopic (exact) mass is 555 g/mol. The van der Waals surface area contributed by atoms with Gasteiger partial charge in [-0.2, -0.15) is 18.2 Å². The van der Waals surface area contributed by atoms with Crippen molar-refractivity contribution in [3.63, 3.8) is 0 Å². The number of ether oxygens (including phenoxy) is 2. The Morgan fingerprint density at radius 3 is 2.49 bits per heavy atom. The van der Waals surface area contributed by atoms with Gasteiger partial charge >= 0.3 is 12.3 Å². The number of hydrogen-bond donors (Lipinski definition) is 2. The van der Waals surface area contributed by atoms with Gasteiger partial charge in [-0.15, -0.1) is 0 Å². The van der Waals surface area contributed by atoms with Gasteiger partial charge in [-0.05, 0) is 59.1 Å². The number of halogens is 3. The number of anilines is 2. The molecule has 3 amide bonds. The fourth-order valence-electron chi connectivity index (χ4n) is 4.17. The molecule has 216 valence electrons. The van der Waals surface area contributed by atoms with Gasteiger partial charge in [-0.1, -0.05) is 12.8 Å². The molecule has 2 N–H and O–H groups in total. The predicted octanol–water partition coefficient (Wildman–Crippen LogP) is 4.42. The van der Waals surface area contributed by atoms with Crippen LogP contribution in [0.2, 0.25) is 0 Å². The van der Waals surface area contributed by atoms with Crippen LogP contribution in [0.1, 0.15) is 65.4 Å². The number of hydrogen-bond acceptors (Lipinski definition) is 8. The second-order valence-electron chi connectivity index (χ2n) is 10.6. The molecule has 1 aromatic heterocycles. The molecule has 2 aliphatic heterocycles. The van der Waals surface area contributed by atoms with Crippen molar-refractivity contribution >= 4 is 29.5 Å². The smallest absolute Gasteiger partial charge is 0.419 e. The van der Waals surface area contributed by atoms with Gasteiger partial charge in [-0.3, -0.25) is 15.0 Å². The number of carbonyl (C=O) groups is 3. The summed E-state index contributed by atoms with van der Waals surface area (Å²) in [4.78, 5) is 41.4. The number of hydrazine groups is 1. The summed E-state index contributed by atoms with van der Waals surface area (Å²) in [6.45, 7) is 8.44. The number of nitrogens with one attached hydrogen (secondary N) is 2. The van der Waals surface area contributed by atoms with Crippen LogP contribution >= 0.6 is 0 Å². The van der Waals surface area contributed by atoms with Gasteiger partial charge in [0.15, 0.2) is 0 Å². The number of alkyl halides is 3. The second-order valence-corrected chi connectivity index (χ2v) is 10.6. The van der Waals surface area contributed by atoms with Crippen LogP contribution in [0, 0.1) is 0 Å². The second kappa shape index (κ2) is 12.7. The molecule has 0 bridgehead atoms. The van der Waals surface area contributed by atoms with Crippen LogP contribution in [0.25, 0.3) is 0 Å². The zero-order valence-corrected chi connectivity index (χ0v) is 22.7. The highest BCUT2D eigenvalue weighted by atomic mass is 19.4. The van der Waals surface area contributed by atoms with E-state index >= 15 is 0 Å². The molecule has 3 heterocycles. The van der Waals surface area contributed by atoms with Gasteiger partial charge < -0.3 is 19.7 Å². The third-order valence-electron chi connectivity index (χ3n) is 6.05. The lowest BCUT2D eigenvalue weighted by molar-refractivity contribution is -0.138. The van der Waals surface area contributed by atoms with Crippen molar-refractivity contribution in [2.45, 2.75) is 77.7 Å². The van der Waals surface area contributed by atoms with E-state index in [0.29, 0.717) is 26.1 Å². The fourth-order valence-corrected chi connectivity index (χ4v) is 4.17. The van der Waals surface area contributed by atoms with Gasteiger partial charge in [0.05, 0.1) is 11.7 Å². The third-order valence-corrected chi connectivity index (χ3v) is 6.05. The van der Waals surface area contributed by atoms with Gasteiger partial charge in [0.25, 0.3) is 11.8 Å². The first-order valence-electron chi connectivity index (χ1n) is 13.0. The van der Waals surface area contributed by atoms with Crippen molar-refractivity contribution in [2.24, 2.45) is 0 Å². The molecule has 39 heavy (non-hydrogen) atoms. The Hall–Kier alpha value is -3.35. The molecule has 1 fully saturated rings. The number of nitrogens with zero attached hydrogens (tertiary/aromatic N) is 3. The van der Waals surface area contributed by atoms with Crippen molar-refractivity contribution in [1.82, 2.24) is 15.3 Å². The molecule has 0 spiro atoms. The van der Waals surface area contributed by atoms with Crippen LogP contribution in [0.4, 0.5) is 29.6 Å². The molecule has 0 aliphatic carbocycles. The van der Waals surface area contributed by atoms with E-state index in [-0.39, 0.29) is 29.9 Å². The number of amides is 3. The first-order chi connectivity index (χ1) is 18.2. The molecule has 10 nitrogen and oxygen atoms in total. The predicted molar refractivity (Wildman–Crippen MR) is 138 cm³/mol. The van der Waals surface area contributed by atoms with Crippen LogP contribution < -0.4 is 15.6 Å². The highest BCUT2D eigenvalue weighted by Gasteiger charge is 2.38. The molecule has 1 saturated heterocycles. The summed E-state index contributed by atoms with van der Waals surface area (Å²) in [6.07, 6.45) is -0.245. The summed E-state index contributed by atoms with van der Waals surface area (Å²) in [6, 6.07) is 1.98. The molecule has 0 radical (unpaired) electrons. The molecule has 0 saturated carbocycles. The largest absolute Gasteiger partial charge is 0.444 e. The molecular weight excluding hydrogens is 519 g/mol. The summed E-state index contributed by atoms with van der Waals surface area (Å²) < 4.78 is 52.3. The number of aromatic nitrogens is 1. The van der Waals surface area contributed by atoms with E-state index < -0.39 is 35.2 Å². The highest BCUT2D eigenvalue weighted by molar-refractivity contribution is 6.16. The number of unbranched alkanes of at least 4 members (excludes halogenated alkanes) is 3. The van der Waals surface area contributed by atoms with E-state index in [2.05, 4.69) is 15.7 Å². The summed E-state index contributed by atoms with van der Waals surface area (Å²) in [5.74, 6) is -1.53. The lowest BCUT2D eigenvalue weighted by Crippen LogP contribution is -2.37. The molecule has 1 unspecified atom stereocenters. The highest BCUT2D eigenvalue weighted by Crippen LogP contribution is 2.37. The Morgan fingerprint density at radius 2 is 1.85 bits per heavy atom. The van der Waals surface area contributed by atoms with Gasteiger partial charge in [0.2, 0.25) is 0 Å². The maximum Gasteiger partial charge on any atom is 0.419 e. The molecule has 13 heteroatoms. The molecule has 1 atom stereocenters. The Balaban J connectivity index is 1.46. The number of pyridine rings is 1. The Morgan fingerprint density at radius 1 is 1.13 bits per heavy atom. The maximum absolute atomic E-state index is 13.7. The lowest BCUT2D eigenvalue weighted by atomic mass is 10.2. The van der Waals surface area contributed by atoms with E-state index in [1.54, 1.807) is 20.8 Å². The minimum atomic E-state index is -4.63. The quantitative estimate of drug-likeness (QED) is 0.305. The molecule has 2 aliphatic rings. The van der Waals surface area contributed by atoms with Gasteiger partial charge in [0.1, 0.15) is 17.2 Å². The van der Waals surface area contributed by atoms with E-state index in [4.69, 9.17) is 9.47 Å². The van der Waals surface area contributed by atoms with Crippen molar-refractivity contribution < 1.29 is 37.0 Å². The molecule has 3 rings (SSSR count). The standard InChI is InChI=1S/C26H36F3N5O5/c1-17-15-21(35)34(23(17)36)32-20-10-9-19(26(27,28)29)22(31-20)33-13-11-18(16-33)38-14-8-6-5-7-12-30-24(37)39-25(2,3)4/h9-10,15,18H,5-8,11-14,16H2,1-4H3,(H,30,37)(H,31,32). The summed E-state index contributed by atoms with van der Waals surface area (Å²) >= 11 is 0. The summed E-state index contributed by atoms with van der Waals surface area (Å²) in [5, 5.41) is 3.43. The first kappa shape index (κ1) is 30.2. The number of imide groups is 1. The van der Waals surface area contributed by atoms with Crippen molar-refractivity contribution in [3.05, 3.63) is 29.3 Å². The van der Waals surface area contributed by atoms with E-state index in [0.717, 1.165) is 48.9 Å². The molecule has 0 aromatic carbocycles. The summed E-state index contributed by atoms with van der Waals surface area (Å²) in [7, 11) is 0. The Labute approximate surface area is 225 Å². The zero-order chi connectivity index (χ0) is 28.8. The molecule has 1 aromatic rings. The number of rotatable bonds is 11. The van der Waals surface area contributed by atoms with Crippen LogP contribution in [0.5, 0.6) is 0 Å². The summed E-state index contributed by atoms with van der Waals surface area (Å²) in [5.41, 5.74) is 1.30. The Bertz CT molecular complexity index is 1090. The minimum Gasteiger partial charge on any atom is -0.444 e. The maximum atomic E-state index is 13.7. The fraction of sp³-hybridized carbons (Fsp3) is 0.615. The van der Waals surface area contributed by atoms with Gasteiger partial charge in [-0.25, -0.2) is 9.78 Å². The average Bonchev–Trinajstić information content (AvgIpc) is 3.39. The Kier molecular flexibility index (Phi) is 9.81. The van der Waals surface area contributed by atoms with Crippen LogP contribution in [-0.4, -0.2) is 65.8 Å². The first-order valence-corrected chi connectivity index (χ1v) is 13.0. The van der Waals surface area contributed by atoms with Crippen molar-refractivity contribution in [3.8, 4) is 0 Å². The van der Waals surface area contributed by atoms with E-state index in [1.807, 2.05) is 0 Å². The van der Waals surface area contributed by atoms with Crippen molar-refractivity contribution in [2.75, 3.05) is 36.6 Å². The topological polar surface area (TPSA) is 113 Å². The third kappa shape index (κ3) is 8.84. The van der Waals surface area contributed by atoms with Crippen LogP contribution in [-0.2, 0) is 25.2 Å². The van der Waals surface area contributed by atoms with Crippen LogP contribution in [0.15, 0.2) is 23.8 Å². The lowest BCUT2D eigenvalue weighted by Gasteiger charge is -2.24. The average molecular weight is 556 g/mol. The van der Waals surface area contributed by atoms with E-state index in [9.17, 15) is 27.6 Å². The normalized spacial score (nSPS) is 18.0. The SMILES string of the molecule is CC1=CC(=O)N(Nc2ccc(C(F)(F)F)c(N3CCC(OCCCCCCNC(=O)OC(C)(C)C)C3)n2)C1=O. The molecular formula is C26H36F3N5O5. The van der Waals surface area contributed by atoms with Crippen molar-refractivity contribution in [1.29, 1.82) is 0 Å². The van der Waals surface area contributed by atoms with E-state index in [1.165, 1.54) is 11.8 Å². The minimum absolute atomic E-state index is 0.0478. The van der Waals surface area contributed by atoms with Gasteiger partial charge in [0, 0.05) is 37.9 Å². The van der Waals surface area contributed by atoms with Crippen LogP contribution in [0.3, 0.4) is 0 Å².